The van der Waals surface area contributed by atoms with Gasteiger partial charge in [-0.25, -0.2) is 0 Å². The minimum atomic E-state index is -0.335. The van der Waals surface area contributed by atoms with Crippen molar-refractivity contribution in [1.29, 1.82) is 0 Å². The van der Waals surface area contributed by atoms with Gasteiger partial charge >= 0.3 is 0 Å². The topological polar surface area (TPSA) is 41.6 Å². The number of nitrogens with one attached hydrogen (secondary N) is 1. The van der Waals surface area contributed by atoms with Gasteiger partial charge < -0.3 is 15.0 Å². The third kappa shape index (κ3) is 3.39. The molecule has 2 heterocycles. The number of carbonyl (C=O) groups is 1. The van der Waals surface area contributed by atoms with Crippen molar-refractivity contribution in [2.24, 2.45) is 0 Å². The van der Waals surface area contributed by atoms with Gasteiger partial charge in [-0.3, -0.25) is 4.79 Å². The highest BCUT2D eigenvalue weighted by atomic mass is 35.5. The summed E-state index contributed by atoms with van der Waals surface area (Å²) in [7, 11) is 1.69. The number of hydrogen-bond acceptors (Lipinski definition) is 3. The van der Waals surface area contributed by atoms with Crippen molar-refractivity contribution in [1.82, 2.24) is 10.2 Å². The van der Waals surface area contributed by atoms with Crippen LogP contribution in [0.15, 0.2) is 24.3 Å². The number of methoxy groups -OCH3 is 1. The summed E-state index contributed by atoms with van der Waals surface area (Å²) >= 11 is 0. The van der Waals surface area contributed by atoms with Gasteiger partial charge in [0, 0.05) is 25.2 Å². The number of amides is 1. The number of halogens is 1. The molecule has 2 unspecified atom stereocenters. The average Bonchev–Trinajstić information content (AvgIpc) is 3.22. The number of likely N-dealkylation sites (tertiary alicyclic amines) is 1. The van der Waals surface area contributed by atoms with E-state index in [1.807, 2.05) is 12.1 Å². The molecule has 1 N–H and O–H groups in total. The van der Waals surface area contributed by atoms with Crippen molar-refractivity contribution in [2.75, 3.05) is 20.2 Å². The van der Waals surface area contributed by atoms with Crippen LogP contribution in [0.1, 0.15) is 50.5 Å². The molecule has 4 nitrogen and oxygen atoms in total. The first-order valence-corrected chi connectivity index (χ1v) is 9.41. The van der Waals surface area contributed by atoms with E-state index in [2.05, 4.69) is 22.3 Å². The molecule has 25 heavy (non-hydrogen) atoms. The Kier molecular flexibility index (Phi) is 5.59. The predicted octanol–water partition coefficient (Wildman–Crippen LogP) is 3.28. The molecular formula is C20H29ClN2O2. The molecule has 2 bridgehead atoms. The summed E-state index contributed by atoms with van der Waals surface area (Å²) in [5.41, 5.74) is 0.810. The third-order valence-corrected chi connectivity index (χ3v) is 6.30. The Labute approximate surface area is 156 Å². The van der Waals surface area contributed by atoms with Gasteiger partial charge in [-0.2, -0.15) is 0 Å². The smallest absolute Gasteiger partial charge is 0.233 e. The van der Waals surface area contributed by atoms with E-state index in [4.69, 9.17) is 4.74 Å². The highest BCUT2D eigenvalue weighted by molar-refractivity contribution is 5.89. The molecule has 2 atom stereocenters. The second-order valence-electron chi connectivity index (χ2n) is 7.70. The van der Waals surface area contributed by atoms with Crippen LogP contribution in [-0.2, 0) is 10.2 Å². The van der Waals surface area contributed by atoms with Crippen LogP contribution in [0.25, 0.3) is 0 Å². The molecule has 4 rings (SSSR count). The molecule has 2 aliphatic heterocycles. The highest BCUT2D eigenvalue weighted by Gasteiger charge is 2.46. The number of benzene rings is 1. The monoisotopic (exact) mass is 364 g/mol. The van der Waals surface area contributed by atoms with Crippen LogP contribution in [-0.4, -0.2) is 43.1 Å². The van der Waals surface area contributed by atoms with Crippen LogP contribution in [0, 0.1) is 0 Å². The van der Waals surface area contributed by atoms with Crippen molar-refractivity contribution in [2.45, 2.75) is 62.4 Å². The third-order valence-electron chi connectivity index (χ3n) is 6.30. The normalized spacial score (nSPS) is 27.5. The fraction of sp³-hybridized carbons (Fsp3) is 0.650. The molecule has 3 fully saturated rings. The fourth-order valence-electron chi connectivity index (χ4n) is 4.96. The van der Waals surface area contributed by atoms with E-state index in [-0.39, 0.29) is 17.8 Å². The van der Waals surface area contributed by atoms with E-state index < -0.39 is 0 Å². The Morgan fingerprint density at radius 3 is 2.72 bits per heavy atom. The standard InChI is InChI=1S/C20H28N2O2.ClH/c1-24-18-6-4-5-15(13-18)20(10-2-3-11-20)19(23)22-12-9-16-7-8-17(14-22)21-16;/h4-6,13,16-17,21H,2-3,7-12,14H2,1H3;1H. The van der Waals surface area contributed by atoms with E-state index in [1.54, 1.807) is 7.11 Å². The first kappa shape index (κ1) is 18.5. The second kappa shape index (κ2) is 7.55. The molecule has 1 aromatic rings. The van der Waals surface area contributed by atoms with Crippen LogP contribution in [0.4, 0.5) is 0 Å². The summed E-state index contributed by atoms with van der Waals surface area (Å²) in [5.74, 6) is 1.20. The number of rotatable bonds is 3. The zero-order valence-corrected chi connectivity index (χ0v) is 15.8. The van der Waals surface area contributed by atoms with Gasteiger partial charge in [0.1, 0.15) is 5.75 Å². The summed E-state index contributed by atoms with van der Waals surface area (Å²) in [4.78, 5) is 15.8. The van der Waals surface area contributed by atoms with E-state index in [0.717, 1.165) is 56.5 Å². The van der Waals surface area contributed by atoms with Crippen molar-refractivity contribution in [3.05, 3.63) is 29.8 Å². The lowest BCUT2D eigenvalue weighted by molar-refractivity contribution is -0.137. The highest BCUT2D eigenvalue weighted by Crippen LogP contribution is 2.44. The lowest BCUT2D eigenvalue weighted by Gasteiger charge is -2.36. The van der Waals surface area contributed by atoms with Gasteiger partial charge in [-0.15, -0.1) is 12.4 Å². The SMILES string of the molecule is COc1cccc(C2(C(=O)N3CCC4CCC(C3)N4)CCCC2)c1.Cl. The number of ether oxygens (including phenoxy) is 1. The number of nitrogens with zero attached hydrogens (tertiary/aromatic N) is 1. The maximum absolute atomic E-state index is 13.6. The van der Waals surface area contributed by atoms with Gasteiger partial charge in [0.15, 0.2) is 0 Å². The number of fused-ring (bicyclic) bond motifs is 2. The van der Waals surface area contributed by atoms with Gasteiger partial charge in [0.05, 0.1) is 12.5 Å². The van der Waals surface area contributed by atoms with Gasteiger partial charge in [0.2, 0.25) is 5.91 Å². The minimum absolute atomic E-state index is 0. The lowest BCUT2D eigenvalue weighted by atomic mass is 9.77. The summed E-state index contributed by atoms with van der Waals surface area (Å²) in [6.07, 6.45) is 7.79. The van der Waals surface area contributed by atoms with Crippen molar-refractivity contribution >= 4 is 18.3 Å². The summed E-state index contributed by atoms with van der Waals surface area (Å²) in [6, 6.07) is 9.28. The molecule has 0 spiro atoms. The van der Waals surface area contributed by atoms with Gasteiger partial charge in [-0.1, -0.05) is 25.0 Å². The molecule has 1 aliphatic carbocycles. The Morgan fingerprint density at radius 2 is 1.96 bits per heavy atom. The Balaban J connectivity index is 0.00000182. The van der Waals surface area contributed by atoms with Crippen molar-refractivity contribution in [3.63, 3.8) is 0 Å². The number of hydrogen-bond donors (Lipinski definition) is 1. The summed E-state index contributed by atoms with van der Waals surface area (Å²) < 4.78 is 5.41. The quantitative estimate of drug-likeness (QED) is 0.894. The first-order chi connectivity index (χ1) is 11.7. The van der Waals surface area contributed by atoms with Crippen molar-refractivity contribution in [3.8, 4) is 5.75 Å². The Hall–Kier alpha value is -1.26. The molecule has 0 aromatic heterocycles. The van der Waals surface area contributed by atoms with Crippen LogP contribution in [0.2, 0.25) is 0 Å². The molecule has 1 aromatic carbocycles. The summed E-state index contributed by atoms with van der Waals surface area (Å²) in [6.45, 7) is 1.78. The van der Waals surface area contributed by atoms with E-state index in [0.29, 0.717) is 18.0 Å². The van der Waals surface area contributed by atoms with Crippen LogP contribution >= 0.6 is 12.4 Å². The largest absolute Gasteiger partial charge is 0.497 e. The van der Waals surface area contributed by atoms with Gasteiger partial charge in [0.25, 0.3) is 0 Å². The summed E-state index contributed by atoms with van der Waals surface area (Å²) in [5, 5.41) is 3.68. The van der Waals surface area contributed by atoms with Crippen LogP contribution < -0.4 is 10.1 Å². The average molecular weight is 365 g/mol. The fourth-order valence-corrected chi connectivity index (χ4v) is 4.96. The van der Waals surface area contributed by atoms with Crippen molar-refractivity contribution < 1.29 is 9.53 Å². The molecule has 2 saturated heterocycles. The molecule has 1 amide bonds. The van der Waals surface area contributed by atoms with E-state index >= 15 is 0 Å². The molecule has 0 radical (unpaired) electrons. The lowest BCUT2D eigenvalue weighted by Crippen LogP contribution is -2.48. The van der Waals surface area contributed by atoms with Crippen LogP contribution in [0.3, 0.4) is 0 Å². The zero-order valence-electron chi connectivity index (χ0n) is 15.0. The number of carbonyl (C=O) groups excluding carboxylic acids is 1. The predicted molar refractivity (Wildman–Crippen MR) is 102 cm³/mol. The molecule has 3 aliphatic rings. The molecule has 138 valence electrons. The maximum Gasteiger partial charge on any atom is 0.233 e. The second-order valence-corrected chi connectivity index (χ2v) is 7.70. The first-order valence-electron chi connectivity index (χ1n) is 9.41. The van der Waals surface area contributed by atoms with Crippen LogP contribution in [0.5, 0.6) is 5.75 Å². The van der Waals surface area contributed by atoms with E-state index in [1.165, 1.54) is 12.8 Å². The Morgan fingerprint density at radius 1 is 1.20 bits per heavy atom. The Bertz CT molecular complexity index is 615. The maximum atomic E-state index is 13.6. The molecule has 1 saturated carbocycles. The molecular weight excluding hydrogens is 336 g/mol. The van der Waals surface area contributed by atoms with Gasteiger partial charge in [-0.05, 0) is 49.8 Å². The zero-order chi connectivity index (χ0) is 16.6. The molecule has 5 heteroatoms. The van der Waals surface area contributed by atoms with E-state index in [9.17, 15) is 4.79 Å². The minimum Gasteiger partial charge on any atom is -0.497 e.